The first-order valence-electron chi connectivity index (χ1n) is 5.66. The molecule has 0 fully saturated rings. The van der Waals surface area contributed by atoms with Crippen molar-refractivity contribution in [2.75, 3.05) is 7.05 Å². The number of hydrogen-bond acceptors (Lipinski definition) is 1. The highest BCUT2D eigenvalue weighted by Gasteiger charge is 2.14. The summed E-state index contributed by atoms with van der Waals surface area (Å²) in [5.41, 5.74) is 0.546. The summed E-state index contributed by atoms with van der Waals surface area (Å²) in [6.07, 6.45) is 1.87. The van der Waals surface area contributed by atoms with E-state index in [1.807, 2.05) is 0 Å². The minimum absolute atomic E-state index is 0.0389. The first kappa shape index (κ1) is 13.1. The third kappa shape index (κ3) is 3.56. The highest BCUT2D eigenvalue weighted by Crippen LogP contribution is 2.23. The van der Waals surface area contributed by atoms with E-state index < -0.39 is 11.6 Å². The van der Waals surface area contributed by atoms with Crippen molar-refractivity contribution in [1.82, 2.24) is 5.32 Å². The molecule has 1 N–H and O–H groups in total. The topological polar surface area (TPSA) is 12.0 Å². The van der Waals surface area contributed by atoms with Gasteiger partial charge >= 0.3 is 0 Å². The summed E-state index contributed by atoms with van der Waals surface area (Å²) in [7, 11) is 1.80. The van der Waals surface area contributed by atoms with E-state index in [0.29, 0.717) is 11.5 Å². The van der Waals surface area contributed by atoms with Gasteiger partial charge in [0, 0.05) is 17.7 Å². The maximum absolute atomic E-state index is 13.5. The van der Waals surface area contributed by atoms with Crippen LogP contribution in [-0.4, -0.2) is 7.05 Å². The highest BCUT2D eigenvalue weighted by atomic mass is 19.1. The predicted molar refractivity (Wildman–Crippen MR) is 62.2 cm³/mol. The van der Waals surface area contributed by atoms with Crippen molar-refractivity contribution in [3.8, 4) is 0 Å². The van der Waals surface area contributed by atoms with Gasteiger partial charge in [0.05, 0.1) is 0 Å². The normalized spacial score (nSPS) is 13.1. The van der Waals surface area contributed by atoms with Gasteiger partial charge < -0.3 is 5.32 Å². The van der Waals surface area contributed by atoms with Crippen LogP contribution in [0.3, 0.4) is 0 Å². The largest absolute Gasteiger partial charge is 0.313 e. The van der Waals surface area contributed by atoms with Gasteiger partial charge in [-0.05, 0) is 31.9 Å². The first-order valence-corrected chi connectivity index (χ1v) is 5.66. The molecule has 1 unspecified atom stereocenters. The van der Waals surface area contributed by atoms with Crippen LogP contribution in [0, 0.1) is 17.6 Å². The molecule has 0 aliphatic carbocycles. The minimum Gasteiger partial charge on any atom is -0.313 e. The molecule has 0 spiro atoms. The van der Waals surface area contributed by atoms with E-state index in [1.165, 1.54) is 12.1 Å². The van der Waals surface area contributed by atoms with Crippen molar-refractivity contribution in [2.24, 2.45) is 5.92 Å². The predicted octanol–water partition coefficient (Wildman–Crippen LogP) is 3.66. The van der Waals surface area contributed by atoms with E-state index in [0.717, 1.165) is 18.9 Å². The lowest BCUT2D eigenvalue weighted by Gasteiger charge is -2.18. The quantitative estimate of drug-likeness (QED) is 0.809. The van der Waals surface area contributed by atoms with Crippen LogP contribution < -0.4 is 5.32 Å². The Hall–Kier alpha value is -0.960. The molecule has 0 saturated heterocycles. The second-order valence-corrected chi connectivity index (χ2v) is 4.48. The monoisotopic (exact) mass is 227 g/mol. The summed E-state index contributed by atoms with van der Waals surface area (Å²) in [6, 6.07) is 3.72. The van der Waals surface area contributed by atoms with Crippen LogP contribution in [0.4, 0.5) is 8.78 Å². The maximum Gasteiger partial charge on any atom is 0.130 e. The zero-order valence-corrected chi connectivity index (χ0v) is 10.1. The number of halogens is 2. The summed E-state index contributed by atoms with van der Waals surface area (Å²) >= 11 is 0. The van der Waals surface area contributed by atoms with Crippen LogP contribution in [0.15, 0.2) is 18.2 Å². The van der Waals surface area contributed by atoms with Crippen LogP contribution in [0.25, 0.3) is 0 Å². The molecular formula is C13H19F2N. The van der Waals surface area contributed by atoms with Crippen molar-refractivity contribution in [3.63, 3.8) is 0 Å². The van der Waals surface area contributed by atoms with Crippen LogP contribution in [0.1, 0.15) is 38.3 Å². The van der Waals surface area contributed by atoms with Gasteiger partial charge in [0.2, 0.25) is 0 Å². The fourth-order valence-electron chi connectivity index (χ4n) is 1.74. The molecule has 0 amide bonds. The Morgan fingerprint density at radius 3 is 2.38 bits per heavy atom. The Balaban J connectivity index is 2.78. The third-order valence-corrected chi connectivity index (χ3v) is 2.72. The van der Waals surface area contributed by atoms with E-state index in [4.69, 9.17) is 0 Å². The zero-order chi connectivity index (χ0) is 12.1. The van der Waals surface area contributed by atoms with Gasteiger partial charge in [-0.15, -0.1) is 0 Å². The van der Waals surface area contributed by atoms with Gasteiger partial charge in [-0.1, -0.05) is 19.9 Å². The van der Waals surface area contributed by atoms with Gasteiger partial charge in [-0.2, -0.15) is 0 Å². The molecule has 0 aliphatic rings. The molecule has 0 saturated carbocycles. The smallest absolute Gasteiger partial charge is 0.130 e. The Kier molecular flexibility index (Phi) is 4.87. The van der Waals surface area contributed by atoms with Crippen LogP contribution in [0.2, 0.25) is 0 Å². The second kappa shape index (κ2) is 5.94. The average molecular weight is 227 g/mol. The summed E-state index contributed by atoms with van der Waals surface area (Å²) in [6.45, 7) is 4.27. The van der Waals surface area contributed by atoms with Gasteiger partial charge in [-0.25, -0.2) is 8.78 Å². The van der Waals surface area contributed by atoms with Crippen molar-refractivity contribution in [1.29, 1.82) is 0 Å². The molecule has 1 atom stereocenters. The zero-order valence-electron chi connectivity index (χ0n) is 10.1. The number of benzene rings is 1. The lowest BCUT2D eigenvalue weighted by atomic mass is 9.97. The number of nitrogens with one attached hydrogen (secondary N) is 1. The molecule has 1 aromatic rings. The number of hydrogen-bond donors (Lipinski definition) is 1. The van der Waals surface area contributed by atoms with Crippen LogP contribution >= 0.6 is 0 Å². The SMILES string of the molecule is CNC(CCC(C)C)c1ccc(F)cc1F. The van der Waals surface area contributed by atoms with E-state index in [-0.39, 0.29) is 6.04 Å². The summed E-state index contributed by atoms with van der Waals surface area (Å²) in [5.74, 6) is -0.414. The van der Waals surface area contributed by atoms with Crippen LogP contribution in [-0.2, 0) is 0 Å². The molecule has 1 nitrogen and oxygen atoms in total. The van der Waals surface area contributed by atoms with Crippen molar-refractivity contribution < 1.29 is 8.78 Å². The van der Waals surface area contributed by atoms with Gasteiger partial charge in [0.15, 0.2) is 0 Å². The molecule has 16 heavy (non-hydrogen) atoms. The minimum atomic E-state index is -0.528. The van der Waals surface area contributed by atoms with E-state index >= 15 is 0 Å². The molecule has 0 bridgehead atoms. The van der Waals surface area contributed by atoms with E-state index in [2.05, 4.69) is 19.2 Å². The Labute approximate surface area is 95.9 Å². The Bertz CT molecular complexity index is 337. The van der Waals surface area contributed by atoms with Gasteiger partial charge in [0.1, 0.15) is 11.6 Å². The molecule has 0 radical (unpaired) electrons. The molecular weight excluding hydrogens is 208 g/mol. The van der Waals surface area contributed by atoms with E-state index in [9.17, 15) is 8.78 Å². The molecule has 3 heteroatoms. The first-order chi connectivity index (χ1) is 7.54. The van der Waals surface area contributed by atoms with Crippen molar-refractivity contribution in [2.45, 2.75) is 32.7 Å². The van der Waals surface area contributed by atoms with E-state index in [1.54, 1.807) is 7.05 Å². The third-order valence-electron chi connectivity index (χ3n) is 2.72. The Morgan fingerprint density at radius 2 is 1.88 bits per heavy atom. The summed E-state index contributed by atoms with van der Waals surface area (Å²) in [5, 5.41) is 3.07. The highest BCUT2D eigenvalue weighted by molar-refractivity contribution is 5.22. The van der Waals surface area contributed by atoms with Crippen LogP contribution in [0.5, 0.6) is 0 Å². The van der Waals surface area contributed by atoms with Gasteiger partial charge in [-0.3, -0.25) is 0 Å². The number of rotatable bonds is 5. The van der Waals surface area contributed by atoms with Gasteiger partial charge in [0.25, 0.3) is 0 Å². The van der Waals surface area contributed by atoms with Crippen molar-refractivity contribution >= 4 is 0 Å². The average Bonchev–Trinajstić information content (AvgIpc) is 2.21. The molecule has 0 aliphatic heterocycles. The molecule has 1 aromatic carbocycles. The second-order valence-electron chi connectivity index (χ2n) is 4.48. The lowest BCUT2D eigenvalue weighted by Crippen LogP contribution is -2.18. The lowest BCUT2D eigenvalue weighted by molar-refractivity contribution is 0.447. The fraction of sp³-hybridized carbons (Fsp3) is 0.538. The standard InChI is InChI=1S/C13H19F2N/c1-9(2)4-7-13(16-3)11-6-5-10(14)8-12(11)15/h5-6,8-9,13,16H,4,7H2,1-3H3. The summed E-state index contributed by atoms with van der Waals surface area (Å²) < 4.78 is 26.3. The summed E-state index contributed by atoms with van der Waals surface area (Å²) in [4.78, 5) is 0. The molecule has 0 heterocycles. The Morgan fingerprint density at radius 1 is 1.19 bits per heavy atom. The fourth-order valence-corrected chi connectivity index (χ4v) is 1.74. The molecule has 0 aromatic heterocycles. The molecule has 90 valence electrons. The maximum atomic E-state index is 13.5. The van der Waals surface area contributed by atoms with Crippen molar-refractivity contribution in [3.05, 3.63) is 35.4 Å². The molecule has 1 rings (SSSR count).